The molecule has 3 fully saturated rings. The Kier molecular flexibility index (Phi) is 8.77. The molecule has 5 amide bonds. The number of hydrogen-bond donors (Lipinski definition) is 4. The fraction of sp³-hybridized carbons (Fsp3) is 0.800. The maximum atomic E-state index is 13.7. The lowest BCUT2D eigenvalue weighted by Crippen LogP contribution is -2.59. The first kappa shape index (κ1) is 26.9. The van der Waals surface area contributed by atoms with Crippen molar-refractivity contribution in [2.75, 3.05) is 6.54 Å². The Morgan fingerprint density at radius 2 is 1.57 bits per heavy atom. The number of likely N-dealkylation sites (tertiary alicyclic amines) is 1. The highest BCUT2D eigenvalue weighted by molar-refractivity contribution is 6.37. The van der Waals surface area contributed by atoms with Crippen LogP contribution in [0.1, 0.15) is 85.0 Å². The van der Waals surface area contributed by atoms with Gasteiger partial charge in [0.05, 0.1) is 6.04 Å². The Labute approximate surface area is 207 Å². The number of carbonyl (C=O) groups is 5. The van der Waals surface area contributed by atoms with Crippen molar-refractivity contribution in [1.82, 2.24) is 20.9 Å². The molecule has 10 heteroatoms. The van der Waals surface area contributed by atoms with E-state index >= 15 is 0 Å². The molecule has 196 valence electrons. The number of nitrogens with one attached hydrogen (secondary N) is 3. The Balaban J connectivity index is 1.73. The van der Waals surface area contributed by atoms with E-state index < -0.39 is 47.3 Å². The van der Waals surface area contributed by atoms with Crippen LogP contribution in [0, 0.1) is 11.8 Å². The number of primary amides is 1. The van der Waals surface area contributed by atoms with Crippen LogP contribution in [0.15, 0.2) is 0 Å². The number of nitrogens with zero attached hydrogens (tertiary/aromatic N) is 1. The summed E-state index contributed by atoms with van der Waals surface area (Å²) in [5.74, 6) is -2.28. The molecule has 0 radical (unpaired) electrons. The van der Waals surface area contributed by atoms with Gasteiger partial charge in [-0.1, -0.05) is 32.1 Å². The molecular formula is C25H41N5O5. The third-order valence-electron chi connectivity index (χ3n) is 7.14. The minimum absolute atomic E-state index is 0.00494. The standard InChI is InChI=1S/C25H41N5O5/c1-25(2,3)29-24(35)28-19(16-8-5-4-6-9-16)23(34)30-13-7-10-18(30)22(33)27-17(14-15-11-12-15)20(31)21(26)32/h15-19H,4-14H2,1-3H3,(H2,26,32)(H,27,33)(H2,28,29,35)/t17?,18-,19-/m0/s1. The van der Waals surface area contributed by atoms with Gasteiger partial charge in [-0.3, -0.25) is 19.2 Å². The third-order valence-corrected chi connectivity index (χ3v) is 7.14. The van der Waals surface area contributed by atoms with Gasteiger partial charge in [0, 0.05) is 12.1 Å². The van der Waals surface area contributed by atoms with E-state index in [-0.39, 0.29) is 11.8 Å². The van der Waals surface area contributed by atoms with Crippen LogP contribution >= 0.6 is 0 Å². The number of amides is 5. The molecular weight excluding hydrogens is 450 g/mol. The number of urea groups is 1. The van der Waals surface area contributed by atoms with E-state index in [1.54, 1.807) is 0 Å². The monoisotopic (exact) mass is 491 g/mol. The molecule has 35 heavy (non-hydrogen) atoms. The van der Waals surface area contributed by atoms with Crippen LogP contribution in [0.3, 0.4) is 0 Å². The topological polar surface area (TPSA) is 151 Å². The van der Waals surface area contributed by atoms with Crippen molar-refractivity contribution in [1.29, 1.82) is 0 Å². The molecule has 0 aromatic heterocycles. The zero-order valence-electron chi connectivity index (χ0n) is 21.2. The highest BCUT2D eigenvalue weighted by atomic mass is 16.2. The van der Waals surface area contributed by atoms with Crippen LogP contribution < -0.4 is 21.7 Å². The van der Waals surface area contributed by atoms with Crippen LogP contribution in [0.2, 0.25) is 0 Å². The summed E-state index contributed by atoms with van der Waals surface area (Å²) in [6.45, 7) is 6.02. The first-order valence-corrected chi connectivity index (χ1v) is 13.0. The van der Waals surface area contributed by atoms with Gasteiger partial charge in [-0.15, -0.1) is 0 Å². The molecule has 0 aromatic rings. The second kappa shape index (κ2) is 11.4. The molecule has 10 nitrogen and oxygen atoms in total. The summed E-state index contributed by atoms with van der Waals surface area (Å²) in [6.07, 6.45) is 8.19. The van der Waals surface area contributed by atoms with Gasteiger partial charge in [-0.05, 0) is 64.7 Å². The van der Waals surface area contributed by atoms with Crippen LogP contribution in [-0.2, 0) is 19.2 Å². The number of carbonyl (C=O) groups excluding carboxylic acids is 5. The highest BCUT2D eigenvalue weighted by Crippen LogP contribution is 2.34. The normalized spacial score (nSPS) is 22.7. The van der Waals surface area contributed by atoms with Crippen molar-refractivity contribution >= 4 is 29.5 Å². The Bertz CT molecular complexity index is 829. The first-order chi connectivity index (χ1) is 16.5. The van der Waals surface area contributed by atoms with Gasteiger partial charge in [-0.2, -0.15) is 0 Å². The van der Waals surface area contributed by atoms with Crippen molar-refractivity contribution in [2.45, 2.75) is 109 Å². The van der Waals surface area contributed by atoms with E-state index in [2.05, 4.69) is 16.0 Å². The summed E-state index contributed by atoms with van der Waals surface area (Å²) in [5.41, 5.74) is 4.75. The van der Waals surface area contributed by atoms with Crippen molar-refractivity contribution < 1.29 is 24.0 Å². The average molecular weight is 492 g/mol. The van der Waals surface area contributed by atoms with E-state index in [4.69, 9.17) is 5.73 Å². The summed E-state index contributed by atoms with van der Waals surface area (Å²) >= 11 is 0. The minimum Gasteiger partial charge on any atom is -0.363 e. The summed E-state index contributed by atoms with van der Waals surface area (Å²) in [7, 11) is 0. The lowest BCUT2D eigenvalue weighted by atomic mass is 9.83. The zero-order valence-corrected chi connectivity index (χ0v) is 21.2. The SMILES string of the molecule is CC(C)(C)NC(=O)N[C@H](C(=O)N1CCC[C@H]1C(=O)NC(CC1CC1)C(=O)C(N)=O)C1CCCCC1. The van der Waals surface area contributed by atoms with Gasteiger partial charge in [-0.25, -0.2) is 4.79 Å². The van der Waals surface area contributed by atoms with Gasteiger partial charge in [0.2, 0.25) is 17.6 Å². The van der Waals surface area contributed by atoms with E-state index in [1.807, 2.05) is 20.8 Å². The molecule has 1 unspecified atom stereocenters. The molecule has 1 aliphatic heterocycles. The maximum absolute atomic E-state index is 13.7. The number of rotatable bonds is 9. The lowest BCUT2D eigenvalue weighted by molar-refractivity contribution is -0.143. The van der Waals surface area contributed by atoms with Crippen molar-refractivity contribution in [3.63, 3.8) is 0 Å². The molecule has 0 bridgehead atoms. The molecule has 1 saturated heterocycles. The fourth-order valence-electron chi connectivity index (χ4n) is 5.21. The second-order valence-electron chi connectivity index (χ2n) is 11.4. The predicted octanol–water partition coefficient (Wildman–Crippen LogP) is 1.36. The molecule has 1 heterocycles. The fourth-order valence-corrected chi connectivity index (χ4v) is 5.21. The number of nitrogens with two attached hydrogens (primary N) is 1. The summed E-state index contributed by atoms with van der Waals surface area (Å²) in [6, 6.07) is -2.84. The summed E-state index contributed by atoms with van der Waals surface area (Å²) in [4.78, 5) is 65.0. The largest absolute Gasteiger partial charge is 0.363 e. The zero-order chi connectivity index (χ0) is 25.8. The predicted molar refractivity (Wildman–Crippen MR) is 130 cm³/mol. The van der Waals surface area contributed by atoms with E-state index in [0.29, 0.717) is 31.7 Å². The molecule has 0 aromatic carbocycles. The van der Waals surface area contributed by atoms with Gasteiger partial charge in [0.1, 0.15) is 12.1 Å². The van der Waals surface area contributed by atoms with E-state index in [1.165, 1.54) is 4.90 Å². The van der Waals surface area contributed by atoms with E-state index in [0.717, 1.165) is 44.9 Å². The van der Waals surface area contributed by atoms with Crippen LogP contribution in [0.5, 0.6) is 0 Å². The van der Waals surface area contributed by atoms with Crippen molar-refractivity contribution in [3.8, 4) is 0 Å². The quantitative estimate of drug-likeness (QED) is 0.359. The second-order valence-corrected chi connectivity index (χ2v) is 11.4. The van der Waals surface area contributed by atoms with Crippen LogP contribution in [0.25, 0.3) is 0 Å². The number of Topliss-reactive ketones (excluding diaryl/α,β-unsaturated/α-hetero) is 1. The highest BCUT2D eigenvalue weighted by Gasteiger charge is 2.42. The molecule has 3 aliphatic rings. The number of ketones is 1. The smallest absolute Gasteiger partial charge is 0.315 e. The van der Waals surface area contributed by atoms with Crippen molar-refractivity contribution in [3.05, 3.63) is 0 Å². The average Bonchev–Trinajstić information content (AvgIpc) is 3.46. The Hall–Kier alpha value is -2.65. The summed E-state index contributed by atoms with van der Waals surface area (Å²) in [5, 5.41) is 8.46. The van der Waals surface area contributed by atoms with Gasteiger partial charge in [0.15, 0.2) is 0 Å². The van der Waals surface area contributed by atoms with Gasteiger partial charge in [0.25, 0.3) is 5.91 Å². The lowest BCUT2D eigenvalue weighted by Gasteiger charge is -2.35. The third kappa shape index (κ3) is 7.67. The maximum Gasteiger partial charge on any atom is 0.315 e. The van der Waals surface area contributed by atoms with E-state index in [9.17, 15) is 24.0 Å². The van der Waals surface area contributed by atoms with Crippen LogP contribution in [0.4, 0.5) is 4.79 Å². The summed E-state index contributed by atoms with van der Waals surface area (Å²) < 4.78 is 0. The van der Waals surface area contributed by atoms with Gasteiger partial charge >= 0.3 is 6.03 Å². The Morgan fingerprint density at radius 3 is 2.14 bits per heavy atom. The molecule has 5 N–H and O–H groups in total. The molecule has 3 atom stereocenters. The molecule has 3 rings (SSSR count). The number of hydrogen-bond acceptors (Lipinski definition) is 5. The molecule has 2 aliphatic carbocycles. The van der Waals surface area contributed by atoms with Crippen molar-refractivity contribution in [2.24, 2.45) is 17.6 Å². The van der Waals surface area contributed by atoms with Crippen LogP contribution in [-0.4, -0.2) is 64.6 Å². The molecule has 2 saturated carbocycles. The first-order valence-electron chi connectivity index (χ1n) is 13.0. The molecule has 0 spiro atoms. The Morgan fingerprint density at radius 1 is 0.914 bits per heavy atom. The minimum atomic E-state index is -1.07. The van der Waals surface area contributed by atoms with Gasteiger partial charge < -0.3 is 26.6 Å².